The number of para-hydroxylation sites is 2. The SMILES string of the molecule is CCN1CCOc2ccccc2C(=O)N[C@H](C(=O)N[C@H](C)COc2c(F)cccc2Oc2ccc(Cl)cc2)CC(=O)N[C@H](Cc2ccccc2)C1=O. The van der Waals surface area contributed by atoms with Crippen LogP contribution in [0.25, 0.3) is 0 Å². The van der Waals surface area contributed by atoms with Gasteiger partial charge in [-0.05, 0) is 67.9 Å². The van der Waals surface area contributed by atoms with Gasteiger partial charge in [0.25, 0.3) is 5.91 Å². The Labute approximate surface area is 306 Å². The van der Waals surface area contributed by atoms with Crippen LogP contribution in [0, 0.1) is 5.82 Å². The van der Waals surface area contributed by atoms with Crippen LogP contribution in [0.5, 0.6) is 23.0 Å². The fraction of sp³-hybridized carbons (Fsp3) is 0.282. The average molecular weight is 731 g/mol. The van der Waals surface area contributed by atoms with Crippen LogP contribution in [0.1, 0.15) is 36.2 Å². The molecule has 1 aliphatic heterocycles. The van der Waals surface area contributed by atoms with Gasteiger partial charge in [0.1, 0.15) is 36.8 Å². The molecule has 4 aromatic rings. The molecule has 3 N–H and O–H groups in total. The molecule has 5 rings (SSSR count). The first-order chi connectivity index (χ1) is 25.1. The summed E-state index contributed by atoms with van der Waals surface area (Å²) in [6.07, 6.45) is -0.270. The van der Waals surface area contributed by atoms with Gasteiger partial charge in [-0.15, -0.1) is 0 Å². The van der Waals surface area contributed by atoms with Crippen LogP contribution in [-0.4, -0.2) is 73.0 Å². The molecule has 272 valence electrons. The second kappa shape index (κ2) is 18.0. The largest absolute Gasteiger partial charge is 0.491 e. The van der Waals surface area contributed by atoms with Crippen LogP contribution in [-0.2, 0) is 20.8 Å². The smallest absolute Gasteiger partial charge is 0.255 e. The first kappa shape index (κ1) is 37.6. The minimum atomic E-state index is -1.36. The minimum absolute atomic E-state index is 0.0891. The maximum Gasteiger partial charge on any atom is 0.255 e. The van der Waals surface area contributed by atoms with Crippen molar-refractivity contribution in [3.05, 3.63) is 119 Å². The highest BCUT2D eigenvalue weighted by atomic mass is 35.5. The van der Waals surface area contributed by atoms with Crippen LogP contribution in [0.3, 0.4) is 0 Å². The molecule has 0 aromatic heterocycles. The summed E-state index contributed by atoms with van der Waals surface area (Å²) in [6.45, 7) is 3.94. The van der Waals surface area contributed by atoms with Gasteiger partial charge in [-0.25, -0.2) is 4.39 Å². The van der Waals surface area contributed by atoms with Crippen LogP contribution in [0.2, 0.25) is 5.02 Å². The van der Waals surface area contributed by atoms with E-state index in [1.165, 1.54) is 18.2 Å². The topological polar surface area (TPSA) is 135 Å². The third kappa shape index (κ3) is 10.2. The number of carbonyl (C=O) groups is 4. The highest BCUT2D eigenvalue weighted by molar-refractivity contribution is 6.30. The number of nitrogens with zero attached hydrogens (tertiary/aromatic N) is 1. The number of nitrogens with one attached hydrogen (secondary N) is 3. The number of halogens is 2. The van der Waals surface area contributed by atoms with Gasteiger partial charge in [-0.3, -0.25) is 19.2 Å². The first-order valence-corrected chi connectivity index (χ1v) is 17.3. The number of likely N-dealkylation sites (N-methyl/N-ethyl adjacent to an activating group) is 1. The summed E-state index contributed by atoms with van der Waals surface area (Å²) >= 11 is 5.96. The minimum Gasteiger partial charge on any atom is -0.491 e. The van der Waals surface area contributed by atoms with Crippen molar-refractivity contribution < 1.29 is 37.8 Å². The van der Waals surface area contributed by atoms with Gasteiger partial charge in [0.15, 0.2) is 17.3 Å². The monoisotopic (exact) mass is 730 g/mol. The van der Waals surface area contributed by atoms with Gasteiger partial charge >= 0.3 is 0 Å². The summed E-state index contributed by atoms with van der Waals surface area (Å²) in [6, 6.07) is 23.5. The van der Waals surface area contributed by atoms with Gasteiger partial charge < -0.3 is 35.1 Å². The Morgan fingerprint density at radius 1 is 0.981 bits per heavy atom. The predicted octanol–water partition coefficient (Wildman–Crippen LogP) is 5.31. The zero-order valence-corrected chi connectivity index (χ0v) is 29.5. The number of rotatable bonds is 10. The van der Waals surface area contributed by atoms with E-state index in [-0.39, 0.29) is 54.9 Å². The maximum absolute atomic E-state index is 14.9. The van der Waals surface area contributed by atoms with Gasteiger partial charge in [-0.1, -0.05) is 60.1 Å². The van der Waals surface area contributed by atoms with Crippen molar-refractivity contribution in [2.24, 2.45) is 0 Å². The molecule has 1 aliphatic rings. The molecular weight excluding hydrogens is 691 g/mol. The first-order valence-electron chi connectivity index (χ1n) is 16.9. The summed E-state index contributed by atoms with van der Waals surface area (Å²) < 4.78 is 32.4. The molecule has 3 atom stereocenters. The number of fused-ring (bicyclic) bond motifs is 1. The summed E-state index contributed by atoms with van der Waals surface area (Å²) in [5.41, 5.74) is 0.981. The van der Waals surface area contributed by atoms with E-state index in [1.54, 1.807) is 60.4 Å². The van der Waals surface area contributed by atoms with E-state index in [1.807, 2.05) is 37.3 Å². The van der Waals surface area contributed by atoms with Gasteiger partial charge in [0.2, 0.25) is 17.7 Å². The van der Waals surface area contributed by atoms with Crippen molar-refractivity contribution in [3.8, 4) is 23.0 Å². The summed E-state index contributed by atoms with van der Waals surface area (Å²) in [5, 5.41) is 8.72. The second-order valence-corrected chi connectivity index (χ2v) is 12.6. The zero-order chi connectivity index (χ0) is 37.0. The van der Waals surface area contributed by atoms with E-state index in [4.69, 9.17) is 25.8 Å². The molecule has 0 spiro atoms. The van der Waals surface area contributed by atoms with Crippen molar-refractivity contribution in [2.75, 3.05) is 26.3 Å². The molecule has 13 heteroatoms. The van der Waals surface area contributed by atoms with E-state index in [0.717, 1.165) is 5.56 Å². The number of carbonyl (C=O) groups excluding carboxylic acids is 4. The number of hydrogen-bond donors (Lipinski definition) is 3. The average Bonchev–Trinajstić information content (AvgIpc) is 3.13. The molecule has 0 radical (unpaired) electrons. The molecule has 0 fully saturated rings. The molecule has 4 amide bonds. The summed E-state index contributed by atoms with van der Waals surface area (Å²) in [5.74, 6) is -2.33. The van der Waals surface area contributed by atoms with Crippen LogP contribution < -0.4 is 30.2 Å². The zero-order valence-electron chi connectivity index (χ0n) is 28.8. The van der Waals surface area contributed by atoms with Crippen molar-refractivity contribution >= 4 is 35.2 Å². The lowest BCUT2D eigenvalue weighted by atomic mass is 10.0. The normalized spacial score (nSPS) is 17.4. The quantitative estimate of drug-likeness (QED) is 0.201. The molecule has 1 heterocycles. The Kier molecular flexibility index (Phi) is 13.1. The van der Waals surface area contributed by atoms with E-state index < -0.39 is 48.1 Å². The molecule has 11 nitrogen and oxygen atoms in total. The second-order valence-electron chi connectivity index (χ2n) is 12.1. The Morgan fingerprint density at radius 2 is 1.71 bits per heavy atom. The molecule has 0 saturated carbocycles. The lowest BCUT2D eigenvalue weighted by molar-refractivity contribution is -0.137. The van der Waals surface area contributed by atoms with Gasteiger partial charge in [0.05, 0.1) is 24.6 Å². The van der Waals surface area contributed by atoms with Crippen LogP contribution >= 0.6 is 11.6 Å². The number of ether oxygens (including phenoxy) is 3. The van der Waals surface area contributed by atoms with Crippen molar-refractivity contribution in [1.29, 1.82) is 0 Å². The van der Waals surface area contributed by atoms with E-state index in [9.17, 15) is 23.6 Å². The lowest BCUT2D eigenvalue weighted by Crippen LogP contribution is -2.54. The molecular formula is C39H40ClFN4O7. The third-order valence-corrected chi connectivity index (χ3v) is 8.46. The Bertz CT molecular complexity index is 1860. The van der Waals surface area contributed by atoms with E-state index in [0.29, 0.717) is 17.3 Å². The van der Waals surface area contributed by atoms with Crippen molar-refractivity contribution in [1.82, 2.24) is 20.9 Å². The van der Waals surface area contributed by atoms with E-state index >= 15 is 0 Å². The Morgan fingerprint density at radius 3 is 2.46 bits per heavy atom. The Hall–Kier alpha value is -5.62. The summed E-state index contributed by atoms with van der Waals surface area (Å²) in [4.78, 5) is 56.2. The highest BCUT2D eigenvalue weighted by Crippen LogP contribution is 2.34. The van der Waals surface area contributed by atoms with E-state index in [2.05, 4.69) is 16.0 Å². The summed E-state index contributed by atoms with van der Waals surface area (Å²) in [7, 11) is 0. The Balaban J connectivity index is 1.34. The van der Waals surface area contributed by atoms with Gasteiger partial charge in [0, 0.05) is 18.0 Å². The van der Waals surface area contributed by atoms with Crippen LogP contribution in [0.4, 0.5) is 4.39 Å². The third-order valence-electron chi connectivity index (χ3n) is 8.21. The molecule has 0 unspecified atom stereocenters. The fourth-order valence-corrected chi connectivity index (χ4v) is 5.68. The molecule has 0 saturated heterocycles. The number of amides is 4. The molecule has 52 heavy (non-hydrogen) atoms. The number of benzene rings is 4. The van der Waals surface area contributed by atoms with Gasteiger partial charge in [-0.2, -0.15) is 0 Å². The predicted molar refractivity (Wildman–Crippen MR) is 193 cm³/mol. The highest BCUT2D eigenvalue weighted by Gasteiger charge is 2.31. The number of hydrogen-bond acceptors (Lipinski definition) is 7. The molecule has 4 aromatic carbocycles. The maximum atomic E-state index is 14.9. The fourth-order valence-electron chi connectivity index (χ4n) is 5.56. The standard InChI is InChI=1S/C39H40ClFN4O7/c1-3-45-20-21-50-33-14-8-7-12-29(33)37(47)44-31(23-35(46)43-32(39(45)49)22-26-10-5-4-6-11-26)38(48)42-25(2)24-51-36-30(41)13-9-15-34(36)52-28-18-16-27(40)17-19-28/h4-19,25,31-32H,3,20-24H2,1-2H3,(H,42,48)(H,43,46)(H,44,47)/t25-,31+,32-/m1/s1. The van der Waals surface area contributed by atoms with Crippen molar-refractivity contribution in [3.63, 3.8) is 0 Å². The van der Waals surface area contributed by atoms with Crippen molar-refractivity contribution in [2.45, 2.75) is 44.8 Å². The van der Waals surface area contributed by atoms with Crippen LogP contribution in [0.15, 0.2) is 97.1 Å². The lowest BCUT2D eigenvalue weighted by Gasteiger charge is -2.28. The molecule has 0 aliphatic carbocycles. The molecule has 0 bridgehead atoms.